The zero-order valence-electron chi connectivity index (χ0n) is 25.4. The van der Waals surface area contributed by atoms with Crippen molar-refractivity contribution in [1.82, 2.24) is 25.4 Å². The van der Waals surface area contributed by atoms with Crippen molar-refractivity contribution in [3.05, 3.63) is 83.2 Å². The first-order chi connectivity index (χ1) is 20.9. The number of halogens is 3. The van der Waals surface area contributed by atoms with Crippen LogP contribution in [0.15, 0.2) is 66.4 Å². The Hall–Kier alpha value is -3.70. The first-order valence-electron chi connectivity index (χ1n) is 15.1. The molecule has 2 saturated heterocycles. The number of pyridine rings is 1. The van der Waals surface area contributed by atoms with Crippen LogP contribution >= 0.6 is 0 Å². The van der Waals surface area contributed by atoms with E-state index in [0.29, 0.717) is 57.0 Å². The Morgan fingerprint density at radius 2 is 1.84 bits per heavy atom. The van der Waals surface area contributed by atoms with Crippen LogP contribution in [0, 0.1) is 11.8 Å². The summed E-state index contributed by atoms with van der Waals surface area (Å²) in [5, 5.41) is 6.14. The molecule has 236 valence electrons. The number of allylic oxidation sites excluding steroid dienone is 2. The van der Waals surface area contributed by atoms with E-state index in [1.807, 2.05) is 39.0 Å². The van der Waals surface area contributed by atoms with Crippen LogP contribution in [0.25, 0.3) is 5.57 Å². The minimum Gasteiger partial charge on any atom is -0.379 e. The predicted molar refractivity (Wildman–Crippen MR) is 161 cm³/mol. The number of alkyl halides is 3. The van der Waals surface area contributed by atoms with Crippen molar-refractivity contribution >= 4 is 17.5 Å². The van der Waals surface area contributed by atoms with Crippen molar-refractivity contribution in [3.63, 3.8) is 0 Å². The number of hydrogen-bond donors (Lipinski definition) is 2. The maximum atomic E-state index is 13.9. The van der Waals surface area contributed by atoms with E-state index in [-0.39, 0.29) is 30.4 Å². The summed E-state index contributed by atoms with van der Waals surface area (Å²) in [6, 6.07) is 10.6. The van der Waals surface area contributed by atoms with Crippen LogP contribution in [0.2, 0.25) is 0 Å². The van der Waals surface area contributed by atoms with E-state index in [1.165, 1.54) is 6.07 Å². The molecular weight excluding hydrogens is 571 g/mol. The highest BCUT2D eigenvalue weighted by Crippen LogP contribution is 2.41. The van der Waals surface area contributed by atoms with Crippen LogP contribution in [-0.4, -0.2) is 78.2 Å². The number of ether oxygens (including phenoxy) is 1. The Morgan fingerprint density at radius 1 is 1.07 bits per heavy atom. The number of aromatic nitrogens is 1. The van der Waals surface area contributed by atoms with Crippen LogP contribution in [-0.2, 0) is 15.7 Å². The number of nitrogens with one attached hydrogen (secondary N) is 2. The Morgan fingerprint density at radius 3 is 2.52 bits per heavy atom. The second-order valence-electron chi connectivity index (χ2n) is 12.5. The molecular formula is C33H40F3N5O3. The number of amides is 3. The molecule has 0 saturated carbocycles. The van der Waals surface area contributed by atoms with Gasteiger partial charge in [0, 0.05) is 50.4 Å². The first-order valence-corrected chi connectivity index (χ1v) is 15.1. The summed E-state index contributed by atoms with van der Waals surface area (Å²) in [4.78, 5) is 35.5. The van der Waals surface area contributed by atoms with Gasteiger partial charge in [-0.3, -0.25) is 14.7 Å². The summed E-state index contributed by atoms with van der Waals surface area (Å²) < 4.78 is 46.2. The molecule has 11 heteroatoms. The van der Waals surface area contributed by atoms with Gasteiger partial charge in [0.2, 0.25) is 5.91 Å². The lowest BCUT2D eigenvalue weighted by Gasteiger charge is -2.41. The van der Waals surface area contributed by atoms with E-state index in [2.05, 4.69) is 20.5 Å². The van der Waals surface area contributed by atoms with Gasteiger partial charge < -0.3 is 20.3 Å². The quantitative estimate of drug-likeness (QED) is 0.477. The van der Waals surface area contributed by atoms with Crippen LogP contribution in [0.4, 0.5) is 18.0 Å². The third-order valence-electron chi connectivity index (χ3n) is 8.32. The number of likely N-dealkylation sites (tertiary alicyclic amines) is 1. The van der Waals surface area contributed by atoms with Crippen LogP contribution in [0.3, 0.4) is 0 Å². The summed E-state index contributed by atoms with van der Waals surface area (Å²) in [5.41, 5.74) is 1.70. The number of carbonyl (C=O) groups is 2. The number of hydrogen-bond acceptors (Lipinski definition) is 5. The normalized spacial score (nSPS) is 21.9. The molecule has 1 aromatic heterocycles. The van der Waals surface area contributed by atoms with Crippen molar-refractivity contribution in [2.75, 3.05) is 45.9 Å². The van der Waals surface area contributed by atoms with Gasteiger partial charge in [-0.25, -0.2) is 4.79 Å². The van der Waals surface area contributed by atoms with Crippen LogP contribution in [0.1, 0.15) is 50.1 Å². The highest BCUT2D eigenvalue weighted by Gasteiger charge is 2.40. The molecule has 2 fully saturated rings. The van der Waals surface area contributed by atoms with Gasteiger partial charge >= 0.3 is 12.2 Å². The zero-order chi connectivity index (χ0) is 31.5. The minimum absolute atomic E-state index is 0.146. The zero-order valence-corrected chi connectivity index (χ0v) is 25.4. The Kier molecular flexibility index (Phi) is 9.45. The molecule has 3 amide bonds. The molecule has 5 rings (SSSR count). The number of carbonyl (C=O) groups excluding carboxylic acids is 2. The van der Waals surface area contributed by atoms with Crippen molar-refractivity contribution in [2.24, 2.45) is 11.8 Å². The number of benzene rings is 1. The SMILES string of the molecule is CC(C)(C)NC(=O)N1CCC2=C(c3cccc(C(F)(F)F)c3)C=CC(C(=O)NCC(c3ccccn3)N3CCOCC3)C2C1. The highest BCUT2D eigenvalue weighted by atomic mass is 19.4. The van der Waals surface area contributed by atoms with Gasteiger partial charge in [0.25, 0.3) is 0 Å². The molecule has 3 aliphatic rings. The molecule has 3 atom stereocenters. The fourth-order valence-corrected chi connectivity index (χ4v) is 6.18. The van der Waals surface area contributed by atoms with Gasteiger partial charge in [0.05, 0.1) is 36.4 Å². The molecule has 0 spiro atoms. The number of nitrogens with zero attached hydrogens (tertiary/aromatic N) is 3. The summed E-state index contributed by atoms with van der Waals surface area (Å²) in [6.07, 6.45) is 1.26. The fourth-order valence-electron chi connectivity index (χ4n) is 6.18. The average molecular weight is 612 g/mol. The van der Waals surface area contributed by atoms with Crippen LogP contribution < -0.4 is 10.6 Å². The monoisotopic (exact) mass is 611 g/mol. The van der Waals surface area contributed by atoms with Crippen molar-refractivity contribution < 1.29 is 27.5 Å². The van der Waals surface area contributed by atoms with Crippen LogP contribution in [0.5, 0.6) is 0 Å². The smallest absolute Gasteiger partial charge is 0.379 e. The van der Waals surface area contributed by atoms with E-state index in [4.69, 9.17) is 4.74 Å². The van der Waals surface area contributed by atoms with Gasteiger partial charge in [-0.05, 0) is 62.6 Å². The second kappa shape index (κ2) is 13.1. The molecule has 2 N–H and O–H groups in total. The Labute approximate surface area is 256 Å². The number of piperidine rings is 1. The molecule has 1 aliphatic carbocycles. The third kappa shape index (κ3) is 7.50. The summed E-state index contributed by atoms with van der Waals surface area (Å²) in [7, 11) is 0. The molecule has 8 nitrogen and oxygen atoms in total. The lowest BCUT2D eigenvalue weighted by atomic mass is 9.73. The van der Waals surface area contributed by atoms with Crippen molar-refractivity contribution in [2.45, 2.75) is 44.9 Å². The predicted octanol–water partition coefficient (Wildman–Crippen LogP) is 5.06. The largest absolute Gasteiger partial charge is 0.416 e. The van der Waals surface area contributed by atoms with E-state index in [0.717, 1.165) is 23.4 Å². The van der Waals surface area contributed by atoms with E-state index >= 15 is 0 Å². The van der Waals surface area contributed by atoms with Gasteiger partial charge in [0.15, 0.2) is 0 Å². The first kappa shape index (κ1) is 31.7. The maximum Gasteiger partial charge on any atom is 0.416 e. The van der Waals surface area contributed by atoms with Gasteiger partial charge in [-0.2, -0.15) is 13.2 Å². The van der Waals surface area contributed by atoms with E-state index < -0.39 is 23.2 Å². The minimum atomic E-state index is -4.47. The molecule has 3 heterocycles. The fraction of sp³-hybridized carbons (Fsp3) is 0.485. The summed E-state index contributed by atoms with van der Waals surface area (Å²) >= 11 is 0. The van der Waals surface area contributed by atoms with Gasteiger partial charge in [-0.1, -0.05) is 35.9 Å². The average Bonchev–Trinajstić information content (AvgIpc) is 3.00. The molecule has 2 aliphatic heterocycles. The maximum absolute atomic E-state index is 13.9. The Balaban J connectivity index is 1.41. The lowest BCUT2D eigenvalue weighted by Crippen LogP contribution is -2.54. The lowest BCUT2D eigenvalue weighted by molar-refractivity contribution is -0.137. The topological polar surface area (TPSA) is 86.8 Å². The number of urea groups is 1. The third-order valence-corrected chi connectivity index (χ3v) is 8.32. The molecule has 0 radical (unpaired) electrons. The second-order valence-corrected chi connectivity index (χ2v) is 12.5. The van der Waals surface area contributed by atoms with E-state index in [9.17, 15) is 22.8 Å². The van der Waals surface area contributed by atoms with Crippen molar-refractivity contribution in [3.8, 4) is 0 Å². The Bertz CT molecular complexity index is 1400. The molecule has 2 aromatic rings. The molecule has 44 heavy (non-hydrogen) atoms. The van der Waals surface area contributed by atoms with Gasteiger partial charge in [0.1, 0.15) is 0 Å². The standard InChI is InChI=1S/C33H40F3N5O3/c1-32(2,3)39-31(43)41-14-12-25-24(22-7-6-8-23(19-22)33(34,35)36)10-11-26(27(25)21-41)30(42)38-20-29(28-9-4-5-13-37-28)40-15-17-44-18-16-40/h4-11,13,19,26-27,29H,12,14-18,20-21H2,1-3H3,(H,38,42)(H,39,43). The summed E-state index contributed by atoms with van der Waals surface area (Å²) in [5.74, 6) is -1.18. The number of rotatable bonds is 6. The molecule has 0 bridgehead atoms. The molecule has 1 aromatic carbocycles. The van der Waals surface area contributed by atoms with Gasteiger partial charge in [-0.15, -0.1) is 0 Å². The highest BCUT2D eigenvalue weighted by molar-refractivity contribution is 5.87. The summed E-state index contributed by atoms with van der Waals surface area (Å²) in [6.45, 7) is 9.34. The van der Waals surface area contributed by atoms with Crippen molar-refractivity contribution in [1.29, 1.82) is 0 Å². The number of morpholine rings is 1. The molecule has 3 unspecified atom stereocenters. The van der Waals surface area contributed by atoms with E-state index in [1.54, 1.807) is 29.3 Å². The number of fused-ring (bicyclic) bond motifs is 1.